The molecule has 1 N–H and O–H groups in total. The Hall–Kier alpha value is -2.04. The highest BCUT2D eigenvalue weighted by molar-refractivity contribution is 5.82. The van der Waals surface area contributed by atoms with Crippen LogP contribution in [0.2, 0.25) is 0 Å². The Bertz CT molecular complexity index is 504. The van der Waals surface area contributed by atoms with Gasteiger partial charge in [0.1, 0.15) is 12.3 Å². The Balaban J connectivity index is 1.79. The summed E-state index contributed by atoms with van der Waals surface area (Å²) in [4.78, 5) is 25.3. The average molecular weight is 304 g/mol. The number of amides is 2. The van der Waals surface area contributed by atoms with Crippen LogP contribution in [0.1, 0.15) is 32.6 Å². The molecule has 5 heteroatoms. The van der Waals surface area contributed by atoms with Crippen LogP contribution in [0.15, 0.2) is 30.3 Å². The van der Waals surface area contributed by atoms with E-state index in [0.717, 1.165) is 19.3 Å². The fraction of sp³-hybridized carbons (Fsp3) is 0.529. The number of nitrogens with one attached hydrogen (secondary N) is 1. The average Bonchev–Trinajstić information content (AvgIpc) is 2.50. The molecule has 120 valence electrons. The van der Waals surface area contributed by atoms with Crippen molar-refractivity contribution < 1.29 is 14.3 Å². The molecule has 2 rings (SSSR count). The zero-order chi connectivity index (χ0) is 15.9. The standard InChI is InChI=1S/C17H24N2O3/c1-13-8-6-7-11-15(13)18-16(20)12-19(2)17(21)22-14-9-4-3-5-10-14/h3-5,9-10,13,15H,6-8,11-12H2,1-2H3,(H,18,20)/t13-,15+/m1/s1. The second-order valence-electron chi connectivity index (χ2n) is 5.97. The molecule has 1 aromatic rings. The Morgan fingerprint density at radius 1 is 1.23 bits per heavy atom. The summed E-state index contributed by atoms with van der Waals surface area (Å²) in [7, 11) is 1.56. The fourth-order valence-corrected chi connectivity index (χ4v) is 2.73. The third kappa shape index (κ3) is 4.76. The molecule has 0 unspecified atom stereocenters. The van der Waals surface area contributed by atoms with Gasteiger partial charge in [-0.15, -0.1) is 0 Å². The Labute approximate surface area is 131 Å². The molecule has 0 bridgehead atoms. The highest BCUT2D eigenvalue weighted by Crippen LogP contribution is 2.23. The number of hydrogen-bond acceptors (Lipinski definition) is 3. The normalized spacial score (nSPS) is 21.0. The summed E-state index contributed by atoms with van der Waals surface area (Å²) in [5.74, 6) is 0.839. The van der Waals surface area contributed by atoms with E-state index in [9.17, 15) is 9.59 Å². The van der Waals surface area contributed by atoms with Crippen molar-refractivity contribution in [2.24, 2.45) is 5.92 Å². The first-order valence-corrected chi connectivity index (χ1v) is 7.83. The molecule has 1 aliphatic carbocycles. The molecular formula is C17H24N2O3. The number of rotatable bonds is 4. The maximum Gasteiger partial charge on any atom is 0.415 e. The van der Waals surface area contributed by atoms with E-state index < -0.39 is 6.09 Å². The molecule has 2 amide bonds. The lowest BCUT2D eigenvalue weighted by molar-refractivity contribution is -0.122. The Morgan fingerprint density at radius 2 is 1.91 bits per heavy atom. The SMILES string of the molecule is C[C@@H]1CCCC[C@@H]1NC(=O)CN(C)C(=O)Oc1ccccc1. The summed E-state index contributed by atoms with van der Waals surface area (Å²) in [6.07, 6.45) is 4.03. The van der Waals surface area contributed by atoms with Crippen molar-refractivity contribution in [1.29, 1.82) is 0 Å². The molecule has 0 spiro atoms. The maximum absolute atomic E-state index is 12.1. The third-order valence-electron chi connectivity index (χ3n) is 4.10. The monoisotopic (exact) mass is 304 g/mol. The quantitative estimate of drug-likeness (QED) is 0.930. The summed E-state index contributed by atoms with van der Waals surface area (Å²) >= 11 is 0. The zero-order valence-electron chi connectivity index (χ0n) is 13.2. The maximum atomic E-state index is 12.1. The van der Waals surface area contributed by atoms with Crippen LogP contribution in [0.25, 0.3) is 0 Å². The Morgan fingerprint density at radius 3 is 2.59 bits per heavy atom. The number of carbonyl (C=O) groups excluding carboxylic acids is 2. The molecule has 0 radical (unpaired) electrons. The first-order chi connectivity index (χ1) is 10.6. The minimum absolute atomic E-state index is 0.00882. The molecule has 0 heterocycles. The van der Waals surface area contributed by atoms with Gasteiger partial charge in [0.2, 0.25) is 5.91 Å². The molecule has 1 aromatic carbocycles. The minimum atomic E-state index is -0.530. The van der Waals surface area contributed by atoms with Crippen molar-refractivity contribution >= 4 is 12.0 Å². The molecule has 0 saturated heterocycles. The third-order valence-corrected chi connectivity index (χ3v) is 4.10. The van der Waals surface area contributed by atoms with Crippen molar-refractivity contribution in [2.45, 2.75) is 38.6 Å². The van der Waals surface area contributed by atoms with E-state index in [1.165, 1.54) is 11.3 Å². The van der Waals surface area contributed by atoms with Crippen LogP contribution in [-0.2, 0) is 4.79 Å². The van der Waals surface area contributed by atoms with Gasteiger partial charge >= 0.3 is 6.09 Å². The highest BCUT2D eigenvalue weighted by atomic mass is 16.6. The predicted molar refractivity (Wildman–Crippen MR) is 84.7 cm³/mol. The van der Waals surface area contributed by atoms with E-state index in [4.69, 9.17) is 4.74 Å². The van der Waals surface area contributed by atoms with Crippen molar-refractivity contribution in [3.8, 4) is 5.75 Å². The van der Waals surface area contributed by atoms with Crippen LogP contribution in [0.5, 0.6) is 5.75 Å². The minimum Gasteiger partial charge on any atom is -0.410 e. The van der Waals surface area contributed by atoms with Crippen LogP contribution in [0.3, 0.4) is 0 Å². The van der Waals surface area contributed by atoms with Crippen LogP contribution in [-0.4, -0.2) is 36.5 Å². The zero-order valence-corrected chi connectivity index (χ0v) is 13.2. The van der Waals surface area contributed by atoms with Crippen molar-refractivity contribution in [3.63, 3.8) is 0 Å². The summed E-state index contributed by atoms with van der Waals surface area (Å²) < 4.78 is 5.20. The number of likely N-dealkylation sites (N-methyl/N-ethyl adjacent to an activating group) is 1. The summed E-state index contributed by atoms with van der Waals surface area (Å²) in [5, 5.41) is 3.03. The number of carbonyl (C=O) groups is 2. The van der Waals surface area contributed by atoms with Gasteiger partial charge in [-0.1, -0.05) is 38.0 Å². The van der Waals surface area contributed by atoms with Crippen LogP contribution in [0.4, 0.5) is 4.79 Å². The first kappa shape index (κ1) is 16.3. The second kappa shape index (κ2) is 7.82. The first-order valence-electron chi connectivity index (χ1n) is 7.83. The van der Waals surface area contributed by atoms with E-state index >= 15 is 0 Å². The van der Waals surface area contributed by atoms with Gasteiger partial charge in [-0.25, -0.2) is 4.79 Å². The number of benzene rings is 1. The van der Waals surface area contributed by atoms with Gasteiger partial charge in [0.05, 0.1) is 0 Å². The Kier molecular flexibility index (Phi) is 5.81. The molecule has 1 saturated carbocycles. The topological polar surface area (TPSA) is 58.6 Å². The van der Waals surface area contributed by atoms with Gasteiger partial charge in [0, 0.05) is 13.1 Å². The lowest BCUT2D eigenvalue weighted by Gasteiger charge is -2.30. The number of para-hydroxylation sites is 1. The molecule has 22 heavy (non-hydrogen) atoms. The smallest absolute Gasteiger partial charge is 0.410 e. The largest absolute Gasteiger partial charge is 0.415 e. The number of nitrogens with zero attached hydrogens (tertiary/aromatic N) is 1. The molecular weight excluding hydrogens is 280 g/mol. The fourth-order valence-electron chi connectivity index (χ4n) is 2.73. The van der Waals surface area contributed by atoms with E-state index in [-0.39, 0.29) is 18.5 Å². The molecule has 2 atom stereocenters. The molecule has 0 aliphatic heterocycles. The van der Waals surface area contributed by atoms with Gasteiger partial charge < -0.3 is 15.0 Å². The van der Waals surface area contributed by atoms with Gasteiger partial charge in [0.15, 0.2) is 0 Å². The van der Waals surface area contributed by atoms with Crippen molar-refractivity contribution in [2.75, 3.05) is 13.6 Å². The molecule has 1 fully saturated rings. The summed E-state index contributed by atoms with van der Waals surface area (Å²) in [6.45, 7) is 2.17. The van der Waals surface area contributed by atoms with Gasteiger partial charge in [-0.2, -0.15) is 0 Å². The van der Waals surface area contributed by atoms with Crippen molar-refractivity contribution in [3.05, 3.63) is 30.3 Å². The van der Waals surface area contributed by atoms with E-state index in [2.05, 4.69) is 12.2 Å². The van der Waals surface area contributed by atoms with Gasteiger partial charge in [0.25, 0.3) is 0 Å². The summed E-state index contributed by atoms with van der Waals surface area (Å²) in [5.41, 5.74) is 0. The highest BCUT2D eigenvalue weighted by Gasteiger charge is 2.24. The van der Waals surface area contributed by atoms with E-state index in [1.807, 2.05) is 6.07 Å². The van der Waals surface area contributed by atoms with Crippen molar-refractivity contribution in [1.82, 2.24) is 10.2 Å². The molecule has 1 aliphatic rings. The van der Waals surface area contributed by atoms with Crippen LogP contribution < -0.4 is 10.1 Å². The second-order valence-corrected chi connectivity index (χ2v) is 5.97. The lowest BCUT2D eigenvalue weighted by atomic mass is 9.86. The predicted octanol–water partition coefficient (Wildman–Crippen LogP) is 2.81. The number of hydrogen-bond donors (Lipinski definition) is 1. The van der Waals surface area contributed by atoms with Crippen LogP contribution >= 0.6 is 0 Å². The summed E-state index contributed by atoms with van der Waals surface area (Å²) in [6, 6.07) is 9.06. The lowest BCUT2D eigenvalue weighted by Crippen LogP contribution is -2.46. The number of ether oxygens (including phenoxy) is 1. The van der Waals surface area contributed by atoms with Gasteiger partial charge in [-0.05, 0) is 30.9 Å². The van der Waals surface area contributed by atoms with Gasteiger partial charge in [-0.3, -0.25) is 4.79 Å². The van der Waals surface area contributed by atoms with Crippen LogP contribution in [0, 0.1) is 5.92 Å². The molecule has 5 nitrogen and oxygen atoms in total. The van der Waals surface area contributed by atoms with E-state index in [0.29, 0.717) is 11.7 Å². The van der Waals surface area contributed by atoms with E-state index in [1.54, 1.807) is 31.3 Å². The molecule has 0 aromatic heterocycles.